The number of carbonyl (C=O) groups excluding carboxylic acids is 1. The zero-order valence-corrected chi connectivity index (χ0v) is 21.1. The highest BCUT2D eigenvalue weighted by atomic mass is 32.1. The van der Waals surface area contributed by atoms with Gasteiger partial charge in [0.15, 0.2) is 0 Å². The van der Waals surface area contributed by atoms with Crippen LogP contribution >= 0.6 is 11.3 Å². The minimum Gasteiger partial charge on any atom is -0.470 e. The lowest BCUT2D eigenvalue weighted by Gasteiger charge is -2.35. The average molecular weight is 533 g/mol. The largest absolute Gasteiger partial charge is 0.470 e. The molecule has 0 aromatic carbocycles. The van der Waals surface area contributed by atoms with Crippen LogP contribution in [0.25, 0.3) is 0 Å². The second-order valence-corrected chi connectivity index (χ2v) is 10.7. The summed E-state index contributed by atoms with van der Waals surface area (Å²) in [6.45, 7) is 1.71. The van der Waals surface area contributed by atoms with Gasteiger partial charge in [0.2, 0.25) is 5.91 Å². The van der Waals surface area contributed by atoms with E-state index in [1.807, 2.05) is 0 Å². The van der Waals surface area contributed by atoms with Gasteiger partial charge in [0, 0.05) is 44.0 Å². The van der Waals surface area contributed by atoms with Gasteiger partial charge >= 0.3 is 6.18 Å². The summed E-state index contributed by atoms with van der Waals surface area (Å²) < 4.78 is 57.6. The van der Waals surface area contributed by atoms with Crippen molar-refractivity contribution in [3.63, 3.8) is 0 Å². The summed E-state index contributed by atoms with van der Waals surface area (Å²) in [5.41, 5.74) is 0.246. The molecule has 3 heterocycles. The predicted octanol–water partition coefficient (Wildman–Crippen LogP) is 3.40. The summed E-state index contributed by atoms with van der Waals surface area (Å²) in [5, 5.41) is 11.4. The summed E-state index contributed by atoms with van der Waals surface area (Å²) >= 11 is 1.31. The minimum absolute atomic E-state index is 0.0224. The van der Waals surface area contributed by atoms with E-state index in [-0.39, 0.29) is 18.4 Å². The number of aromatic nitrogens is 4. The van der Waals surface area contributed by atoms with E-state index < -0.39 is 24.9 Å². The Morgan fingerprint density at radius 2 is 2.03 bits per heavy atom. The number of aryl methyl sites for hydroxylation is 1. The van der Waals surface area contributed by atoms with Crippen molar-refractivity contribution in [3.05, 3.63) is 22.5 Å². The number of ether oxygens (including phenoxy) is 1. The fourth-order valence-electron chi connectivity index (χ4n) is 4.73. The number of nitrogens with zero attached hydrogens (tertiary/aromatic N) is 5. The summed E-state index contributed by atoms with van der Waals surface area (Å²) in [6, 6.07) is -0.0224. The maximum atomic E-state index is 15.5. The first kappa shape index (κ1) is 26.8. The Hall–Kier alpha value is -2.28. The number of hydrogen-bond donors (Lipinski definition) is 1. The topological polar surface area (TPSA) is 85.2 Å². The molecule has 1 amide bonds. The van der Waals surface area contributed by atoms with Gasteiger partial charge in [0.25, 0.3) is 5.19 Å². The van der Waals surface area contributed by atoms with Crippen LogP contribution in [-0.2, 0) is 31.1 Å². The summed E-state index contributed by atoms with van der Waals surface area (Å²) in [7, 11) is 1.70. The Morgan fingerprint density at radius 3 is 2.72 bits per heavy atom. The molecule has 0 unspecified atom stereocenters. The standard InChI is InChI=1S/C23H32F4N6O2S/c1-32-28-15-17(31-32)14-20(34)29-16-2-6-22(24,7-3-16)8-12-33-10-4-18-19(5-11-33)36-21(30-18)35-13-9-23(25,26)27/h15-16H,2-14H2,1H3,(H,29,34). The number of hydrogen-bond acceptors (Lipinski definition) is 7. The van der Waals surface area contributed by atoms with Gasteiger partial charge in [-0.1, -0.05) is 11.3 Å². The average Bonchev–Trinajstić information content (AvgIpc) is 3.34. The van der Waals surface area contributed by atoms with Crippen molar-refractivity contribution in [2.45, 2.75) is 75.7 Å². The van der Waals surface area contributed by atoms with Gasteiger partial charge in [-0.05, 0) is 38.5 Å². The lowest BCUT2D eigenvalue weighted by atomic mass is 9.81. The zero-order valence-electron chi connectivity index (χ0n) is 20.3. The Balaban J connectivity index is 1.16. The minimum atomic E-state index is -4.24. The van der Waals surface area contributed by atoms with Crippen LogP contribution in [0.5, 0.6) is 5.19 Å². The number of rotatable bonds is 9. The van der Waals surface area contributed by atoms with Crippen LogP contribution in [-0.4, -0.2) is 74.9 Å². The summed E-state index contributed by atoms with van der Waals surface area (Å²) in [5.74, 6) is -0.119. The Kier molecular flexibility index (Phi) is 8.48. The van der Waals surface area contributed by atoms with Gasteiger partial charge in [0.05, 0.1) is 37.0 Å². The molecule has 1 N–H and O–H groups in total. The number of thiazole rings is 1. The first-order chi connectivity index (χ1) is 17.1. The molecule has 2 aromatic heterocycles. The molecule has 0 radical (unpaired) electrons. The van der Waals surface area contributed by atoms with Crippen molar-refractivity contribution in [2.24, 2.45) is 7.05 Å². The number of alkyl halides is 4. The van der Waals surface area contributed by atoms with Crippen molar-refractivity contribution in [1.29, 1.82) is 0 Å². The Bertz CT molecular complexity index is 993. The molecule has 36 heavy (non-hydrogen) atoms. The van der Waals surface area contributed by atoms with E-state index in [9.17, 15) is 18.0 Å². The molecule has 1 fully saturated rings. The molecule has 2 aliphatic rings. The monoisotopic (exact) mass is 532 g/mol. The predicted molar refractivity (Wildman–Crippen MR) is 126 cm³/mol. The first-order valence-electron chi connectivity index (χ1n) is 12.3. The molecule has 1 aliphatic heterocycles. The fraction of sp³-hybridized carbons (Fsp3) is 0.739. The lowest BCUT2D eigenvalue weighted by Crippen LogP contribution is -2.43. The van der Waals surface area contributed by atoms with Gasteiger partial charge in [-0.3, -0.25) is 4.79 Å². The third-order valence-corrected chi connectivity index (χ3v) is 7.87. The second-order valence-electron chi connectivity index (χ2n) is 9.65. The smallest absolute Gasteiger partial charge is 0.392 e. The molecule has 0 saturated heterocycles. The normalized spacial score (nSPS) is 23.2. The summed E-state index contributed by atoms with van der Waals surface area (Å²) in [6.07, 6.45) is 0.414. The van der Waals surface area contributed by atoms with Crippen LogP contribution in [0.4, 0.5) is 17.6 Å². The molecule has 2 aromatic rings. The van der Waals surface area contributed by atoms with E-state index >= 15 is 4.39 Å². The van der Waals surface area contributed by atoms with Crippen LogP contribution in [0.1, 0.15) is 54.8 Å². The number of carbonyl (C=O) groups is 1. The molecular formula is C23H32F4N6O2S. The van der Waals surface area contributed by atoms with Gasteiger partial charge in [0.1, 0.15) is 5.67 Å². The zero-order chi connectivity index (χ0) is 25.8. The molecule has 4 rings (SSSR count). The maximum absolute atomic E-state index is 15.5. The molecule has 200 valence electrons. The van der Waals surface area contributed by atoms with E-state index in [2.05, 4.69) is 25.4 Å². The SMILES string of the molecule is Cn1ncc(CC(=O)NC2CCC(F)(CCN3CCc4nc(OCCC(F)(F)F)sc4CC3)CC2)n1. The van der Waals surface area contributed by atoms with Crippen molar-refractivity contribution in [3.8, 4) is 5.19 Å². The van der Waals surface area contributed by atoms with Gasteiger partial charge < -0.3 is 15.0 Å². The van der Waals surface area contributed by atoms with Crippen molar-refractivity contribution in [1.82, 2.24) is 30.2 Å². The van der Waals surface area contributed by atoms with Crippen LogP contribution in [0, 0.1) is 0 Å². The molecule has 8 nitrogen and oxygen atoms in total. The molecule has 0 atom stereocenters. The Morgan fingerprint density at radius 1 is 1.28 bits per heavy atom. The first-order valence-corrected chi connectivity index (χ1v) is 13.1. The van der Waals surface area contributed by atoms with Gasteiger partial charge in [-0.15, -0.1) is 0 Å². The second kappa shape index (κ2) is 11.4. The van der Waals surface area contributed by atoms with Crippen LogP contribution in [0.2, 0.25) is 0 Å². The van der Waals surface area contributed by atoms with E-state index in [0.717, 1.165) is 30.1 Å². The highest BCUT2D eigenvalue weighted by molar-refractivity contribution is 7.13. The Labute approximate surface area is 211 Å². The van der Waals surface area contributed by atoms with Crippen molar-refractivity contribution in [2.75, 3.05) is 26.2 Å². The molecular weight excluding hydrogens is 500 g/mol. The molecule has 13 heteroatoms. The van der Waals surface area contributed by atoms with Gasteiger partial charge in [-0.2, -0.15) is 28.2 Å². The molecule has 0 spiro atoms. The van der Waals surface area contributed by atoms with Crippen LogP contribution in [0.3, 0.4) is 0 Å². The summed E-state index contributed by atoms with van der Waals surface area (Å²) in [4.78, 5) is 21.3. The van der Waals surface area contributed by atoms with E-state index in [1.54, 1.807) is 13.2 Å². The third kappa shape index (κ3) is 7.86. The van der Waals surface area contributed by atoms with E-state index in [1.165, 1.54) is 16.1 Å². The highest BCUT2D eigenvalue weighted by Gasteiger charge is 2.36. The molecule has 0 bridgehead atoms. The highest BCUT2D eigenvalue weighted by Crippen LogP contribution is 2.36. The number of nitrogens with one attached hydrogen (secondary N) is 1. The number of amides is 1. The maximum Gasteiger partial charge on any atom is 0.392 e. The van der Waals surface area contributed by atoms with Crippen molar-refractivity contribution >= 4 is 17.2 Å². The number of halogens is 4. The van der Waals surface area contributed by atoms with Gasteiger partial charge in [-0.25, -0.2) is 9.37 Å². The fourth-order valence-corrected chi connectivity index (χ4v) is 5.69. The van der Waals surface area contributed by atoms with E-state index in [0.29, 0.717) is 56.0 Å². The van der Waals surface area contributed by atoms with E-state index in [4.69, 9.17) is 4.74 Å². The molecule has 1 aliphatic carbocycles. The quantitative estimate of drug-likeness (QED) is 0.499. The van der Waals surface area contributed by atoms with Crippen LogP contribution < -0.4 is 10.1 Å². The number of fused-ring (bicyclic) bond motifs is 1. The van der Waals surface area contributed by atoms with Crippen molar-refractivity contribution < 1.29 is 27.1 Å². The molecule has 1 saturated carbocycles. The third-order valence-electron chi connectivity index (χ3n) is 6.80. The lowest BCUT2D eigenvalue weighted by molar-refractivity contribution is -0.139. The van der Waals surface area contributed by atoms with Crippen LogP contribution in [0.15, 0.2) is 6.20 Å².